The van der Waals surface area contributed by atoms with Gasteiger partial charge in [-0.15, -0.1) is 0 Å². The lowest BCUT2D eigenvalue weighted by molar-refractivity contribution is -0.226. The lowest BCUT2D eigenvalue weighted by Gasteiger charge is -2.29. The Bertz CT molecular complexity index is 836. The number of nitrogens with zero attached hydrogens (tertiary/aromatic N) is 2. The Balaban J connectivity index is 2.04. The van der Waals surface area contributed by atoms with Crippen LogP contribution in [0.2, 0.25) is 0 Å². The van der Waals surface area contributed by atoms with Crippen LogP contribution in [0.3, 0.4) is 0 Å². The van der Waals surface area contributed by atoms with Crippen molar-refractivity contribution in [3.8, 4) is 17.1 Å². The maximum Gasteiger partial charge on any atom is 0.404 e. The molecule has 0 saturated heterocycles. The predicted octanol–water partition coefficient (Wildman–Crippen LogP) is 7.32. The summed E-state index contributed by atoms with van der Waals surface area (Å²) in [6.07, 6.45) is 5.68. The van der Waals surface area contributed by atoms with Crippen molar-refractivity contribution >= 4 is 5.97 Å². The van der Waals surface area contributed by atoms with E-state index in [9.17, 15) is 18.0 Å². The van der Waals surface area contributed by atoms with Crippen molar-refractivity contribution in [3.63, 3.8) is 0 Å². The van der Waals surface area contributed by atoms with Gasteiger partial charge >= 0.3 is 12.1 Å². The monoisotopic (exact) mass is 450 g/mol. The van der Waals surface area contributed by atoms with E-state index in [0.717, 1.165) is 51.0 Å². The number of benzene rings is 1. The number of alkyl halides is 3. The molecule has 0 aliphatic carbocycles. The lowest BCUT2D eigenvalue weighted by Crippen LogP contribution is -2.45. The van der Waals surface area contributed by atoms with E-state index in [-0.39, 0.29) is 12.2 Å². The Hall–Kier alpha value is -2.44. The number of unbranched alkanes of at least 4 members (excludes halogenated alkanes) is 5. The highest BCUT2D eigenvalue weighted by atomic mass is 19.4. The molecule has 0 amide bonds. The topological polar surface area (TPSA) is 52.1 Å². The highest BCUT2D eigenvalue weighted by molar-refractivity contribution is 5.80. The first-order valence-corrected chi connectivity index (χ1v) is 11.4. The molecule has 7 heteroatoms. The zero-order valence-electron chi connectivity index (χ0n) is 19.2. The van der Waals surface area contributed by atoms with Gasteiger partial charge in [0.05, 0.1) is 0 Å². The molecular formula is C25H33F3N2O2. The molecule has 1 atom stereocenters. The summed E-state index contributed by atoms with van der Waals surface area (Å²) in [6.45, 7) is 5.05. The molecular weight excluding hydrogens is 417 g/mol. The molecule has 1 unspecified atom stereocenters. The van der Waals surface area contributed by atoms with Gasteiger partial charge in [0.25, 0.3) is 0 Å². The molecule has 0 fully saturated rings. The van der Waals surface area contributed by atoms with Gasteiger partial charge < -0.3 is 4.74 Å². The number of aromatic nitrogens is 2. The number of carbonyl (C=O) groups is 1. The van der Waals surface area contributed by atoms with Crippen LogP contribution in [0.5, 0.6) is 5.75 Å². The van der Waals surface area contributed by atoms with Gasteiger partial charge in [0.1, 0.15) is 5.75 Å². The minimum atomic E-state index is -4.68. The Morgan fingerprint density at radius 3 is 2.06 bits per heavy atom. The molecule has 2 rings (SSSR count). The summed E-state index contributed by atoms with van der Waals surface area (Å²) >= 11 is 0. The maximum atomic E-state index is 13.7. The van der Waals surface area contributed by atoms with Gasteiger partial charge in [0.15, 0.2) is 11.2 Å². The number of hydrogen-bond donors (Lipinski definition) is 0. The first-order valence-electron chi connectivity index (χ1n) is 11.4. The molecule has 1 aromatic carbocycles. The van der Waals surface area contributed by atoms with E-state index in [0.29, 0.717) is 24.2 Å². The smallest absolute Gasteiger partial charge is 0.404 e. The van der Waals surface area contributed by atoms with Crippen molar-refractivity contribution in [3.05, 3.63) is 42.2 Å². The third-order valence-electron chi connectivity index (χ3n) is 5.70. The fraction of sp³-hybridized carbons (Fsp3) is 0.560. The maximum absolute atomic E-state index is 13.7. The van der Waals surface area contributed by atoms with Crippen molar-refractivity contribution in [1.82, 2.24) is 9.97 Å². The highest BCUT2D eigenvalue weighted by Gasteiger charge is 2.57. The number of hydrogen-bond acceptors (Lipinski definition) is 4. The molecule has 176 valence electrons. The van der Waals surface area contributed by atoms with Crippen LogP contribution in [0.25, 0.3) is 11.4 Å². The number of rotatable bonds is 12. The number of ether oxygens (including phenoxy) is 1. The number of esters is 1. The van der Waals surface area contributed by atoms with Crippen LogP contribution < -0.4 is 4.74 Å². The first-order chi connectivity index (χ1) is 15.2. The van der Waals surface area contributed by atoms with E-state index in [2.05, 4.69) is 16.9 Å². The summed E-state index contributed by atoms with van der Waals surface area (Å²) in [4.78, 5) is 21.2. The molecule has 0 aliphatic heterocycles. The van der Waals surface area contributed by atoms with Crippen molar-refractivity contribution in [2.45, 2.75) is 84.7 Å². The van der Waals surface area contributed by atoms with Gasteiger partial charge in [-0.05, 0) is 56.0 Å². The summed E-state index contributed by atoms with van der Waals surface area (Å²) in [6, 6.07) is 6.22. The molecule has 0 spiro atoms. The lowest BCUT2D eigenvalue weighted by atomic mass is 9.83. The third kappa shape index (κ3) is 7.04. The van der Waals surface area contributed by atoms with Gasteiger partial charge in [-0.2, -0.15) is 13.2 Å². The fourth-order valence-corrected chi connectivity index (χ4v) is 3.37. The second-order valence-electron chi connectivity index (χ2n) is 8.43. The Morgan fingerprint density at radius 2 is 1.50 bits per heavy atom. The minimum Gasteiger partial charge on any atom is -0.426 e. The first kappa shape index (κ1) is 25.8. The molecule has 0 N–H and O–H groups in total. The average molecular weight is 451 g/mol. The van der Waals surface area contributed by atoms with Crippen LogP contribution >= 0.6 is 0 Å². The predicted molar refractivity (Wildman–Crippen MR) is 119 cm³/mol. The molecule has 4 nitrogen and oxygen atoms in total. The second-order valence-corrected chi connectivity index (χ2v) is 8.43. The van der Waals surface area contributed by atoms with Gasteiger partial charge in [0, 0.05) is 18.0 Å². The van der Waals surface area contributed by atoms with E-state index in [1.165, 1.54) is 12.1 Å². The molecule has 1 heterocycles. The van der Waals surface area contributed by atoms with E-state index in [1.807, 2.05) is 6.92 Å². The van der Waals surface area contributed by atoms with Crippen LogP contribution in [0, 0.1) is 5.41 Å². The Labute approximate surface area is 188 Å². The zero-order chi connectivity index (χ0) is 23.6. The van der Waals surface area contributed by atoms with Crippen molar-refractivity contribution in [1.29, 1.82) is 0 Å². The fourth-order valence-electron chi connectivity index (χ4n) is 3.37. The van der Waals surface area contributed by atoms with Crippen LogP contribution in [0.15, 0.2) is 36.7 Å². The van der Waals surface area contributed by atoms with Gasteiger partial charge in [-0.25, -0.2) is 9.97 Å². The summed E-state index contributed by atoms with van der Waals surface area (Å²) in [5.41, 5.74) is -0.767. The number of halogens is 3. The molecule has 0 aliphatic rings. The molecule has 32 heavy (non-hydrogen) atoms. The van der Waals surface area contributed by atoms with E-state index >= 15 is 0 Å². The summed E-state index contributed by atoms with van der Waals surface area (Å²) in [7, 11) is 0. The van der Waals surface area contributed by atoms with E-state index < -0.39 is 17.6 Å². The summed E-state index contributed by atoms with van der Waals surface area (Å²) < 4.78 is 46.1. The highest BCUT2D eigenvalue weighted by Crippen LogP contribution is 2.43. The second kappa shape index (κ2) is 12.0. The van der Waals surface area contributed by atoms with Gasteiger partial charge in [0.2, 0.25) is 0 Å². The normalized spacial score (nSPS) is 13.6. The summed E-state index contributed by atoms with van der Waals surface area (Å²) in [5.74, 6) is -0.695. The number of carbonyl (C=O) groups excluding carboxylic acids is 1. The molecule has 0 bridgehead atoms. The standard InChI is InChI=1S/C25H33F3N2O2/c1-4-6-8-10-16-24(3,25(26,27)28)23(31)32-21-14-12-20(13-15-21)22-29-17-19(18-30-22)11-9-7-5-2/h12-15,17-18H,4-11,16H2,1-3H3. The van der Waals surface area contributed by atoms with Crippen LogP contribution in [-0.2, 0) is 11.2 Å². The van der Waals surface area contributed by atoms with Crippen LogP contribution in [-0.4, -0.2) is 22.1 Å². The van der Waals surface area contributed by atoms with Gasteiger partial charge in [-0.1, -0.05) is 52.4 Å². The SMILES string of the molecule is CCCCCCC(C)(C(=O)Oc1ccc(-c2ncc(CCCCC)cn2)cc1)C(F)(F)F. The molecule has 2 aromatic rings. The van der Waals surface area contributed by atoms with Crippen LogP contribution in [0.4, 0.5) is 13.2 Å². The molecule has 1 aromatic heterocycles. The van der Waals surface area contributed by atoms with Gasteiger partial charge in [-0.3, -0.25) is 4.79 Å². The molecule has 0 saturated carbocycles. The van der Waals surface area contributed by atoms with Crippen molar-refractivity contribution in [2.24, 2.45) is 5.41 Å². The molecule has 0 radical (unpaired) electrons. The average Bonchev–Trinajstić information content (AvgIpc) is 2.77. The Kier molecular flexibility index (Phi) is 9.66. The van der Waals surface area contributed by atoms with Crippen molar-refractivity contribution < 1.29 is 22.7 Å². The quantitative estimate of drug-likeness (QED) is 0.193. The van der Waals surface area contributed by atoms with Crippen LogP contribution in [0.1, 0.15) is 77.7 Å². The minimum absolute atomic E-state index is 0.0685. The third-order valence-corrected chi connectivity index (χ3v) is 5.70. The van der Waals surface area contributed by atoms with E-state index in [4.69, 9.17) is 4.74 Å². The van der Waals surface area contributed by atoms with Crippen molar-refractivity contribution in [2.75, 3.05) is 0 Å². The zero-order valence-corrected chi connectivity index (χ0v) is 19.2. The Morgan fingerprint density at radius 1 is 0.906 bits per heavy atom. The largest absolute Gasteiger partial charge is 0.426 e. The summed E-state index contributed by atoms with van der Waals surface area (Å²) in [5, 5.41) is 0. The number of aryl methyl sites for hydroxylation is 1. The van der Waals surface area contributed by atoms with E-state index in [1.54, 1.807) is 24.5 Å².